The van der Waals surface area contributed by atoms with E-state index in [4.69, 9.17) is 0 Å². The molecule has 3 heteroatoms. The topological polar surface area (TPSA) is 20.2 Å². The Morgan fingerprint density at radius 2 is 0.882 bits per heavy atom. The van der Waals surface area contributed by atoms with Crippen molar-refractivity contribution >= 4 is 23.8 Å². The van der Waals surface area contributed by atoms with Gasteiger partial charge in [-0.15, -0.1) is 0 Å². The van der Waals surface area contributed by atoms with Crippen molar-refractivity contribution in [3.8, 4) is 16.9 Å². The van der Waals surface area contributed by atoms with Crippen molar-refractivity contribution in [1.29, 1.82) is 0 Å². The average Bonchev–Trinajstić information content (AvgIpc) is 2.89. The van der Waals surface area contributed by atoms with Gasteiger partial charge in [0.15, 0.2) is 0 Å². The summed E-state index contributed by atoms with van der Waals surface area (Å²) in [5.74, 6) is 0.318. The van der Waals surface area contributed by atoms with Gasteiger partial charge < -0.3 is 29.1 Å². The molecule has 1 atom stereocenters. The Labute approximate surface area is 220 Å². The van der Waals surface area contributed by atoms with Crippen LogP contribution in [0.3, 0.4) is 0 Å². The summed E-state index contributed by atoms with van der Waals surface area (Å²) >= 11 is 0. The maximum absolute atomic E-state index is 9.55. The van der Waals surface area contributed by atoms with Gasteiger partial charge in [0.05, 0.1) is 7.92 Å². The maximum atomic E-state index is 9.55. The van der Waals surface area contributed by atoms with Crippen molar-refractivity contribution in [2.75, 3.05) is 0 Å². The van der Waals surface area contributed by atoms with Gasteiger partial charge in [-0.25, -0.2) is 0 Å². The van der Waals surface area contributed by atoms with Crippen molar-refractivity contribution < 1.29 is 29.1 Å². The molecule has 5 aromatic rings. The van der Waals surface area contributed by atoms with Gasteiger partial charge in [0.2, 0.25) is 0 Å². The average molecular weight is 574 g/mol. The normalized spacial score (nSPS) is 10.9. The Morgan fingerprint density at radius 1 is 0.471 bits per heavy atom. The van der Waals surface area contributed by atoms with Gasteiger partial charge in [-0.05, 0) is 66.1 Å². The van der Waals surface area contributed by atoms with Gasteiger partial charge in [-0.1, -0.05) is 97.1 Å². The second-order valence-corrected chi connectivity index (χ2v) is 10.3. The van der Waals surface area contributed by atoms with Gasteiger partial charge >= 0.3 is 0 Å². The molecule has 0 aromatic heterocycles. The number of halogens is 1. The summed E-state index contributed by atoms with van der Waals surface area (Å²) in [6.07, 6.45) is 0. The Kier molecular flexibility index (Phi) is 9.88. The second kappa shape index (κ2) is 13.1. The molecule has 34 heavy (non-hydrogen) atoms. The summed E-state index contributed by atoms with van der Waals surface area (Å²) in [5.41, 5.74) is 3.87. The molecule has 0 spiro atoms. The Hall–Kier alpha value is -2.94. The van der Waals surface area contributed by atoms with Gasteiger partial charge in [-0.2, -0.15) is 0 Å². The molecule has 0 aliphatic heterocycles. The highest BCUT2D eigenvalue weighted by Crippen LogP contribution is 2.34. The third-order valence-corrected chi connectivity index (χ3v) is 8.43. The molecule has 0 heterocycles. The van der Waals surface area contributed by atoms with Crippen LogP contribution in [0.4, 0.5) is 0 Å². The molecule has 0 aliphatic rings. The summed E-state index contributed by atoms with van der Waals surface area (Å²) in [4.78, 5) is 0. The molecule has 0 saturated carbocycles. The molecule has 1 N–H and O–H groups in total. The highest BCUT2D eigenvalue weighted by molar-refractivity contribution is 7.79. The van der Waals surface area contributed by atoms with Crippen LogP contribution in [-0.4, -0.2) is 5.11 Å². The van der Waals surface area contributed by atoms with Gasteiger partial charge in [-0.3, -0.25) is 0 Å². The standard InChI is InChI=1S/C19H17OP.C12H10.HI/c1-15-7-5-6-10-19(15)21(17-8-3-2-4-9-17)18-13-11-16(20)12-14-18;1-3-7-11(8-4-1)12-9-5-2-6-10-12;/h2-14,20H,1H3;1-10H;1H. The smallest absolute Gasteiger partial charge is 0.115 e. The van der Waals surface area contributed by atoms with Crippen LogP contribution >= 0.6 is 7.92 Å². The Morgan fingerprint density at radius 3 is 1.38 bits per heavy atom. The van der Waals surface area contributed by atoms with E-state index >= 15 is 0 Å². The predicted octanol–water partition coefficient (Wildman–Crippen LogP) is 3.55. The minimum atomic E-state index is -1.04. The number of rotatable bonds is 4. The number of hydrogen-bond donors (Lipinski definition) is 1. The molecule has 170 valence electrons. The van der Waals surface area contributed by atoms with E-state index in [9.17, 15) is 5.11 Å². The first kappa shape index (κ1) is 25.7. The van der Waals surface area contributed by atoms with Crippen LogP contribution < -0.4 is 39.9 Å². The lowest BCUT2D eigenvalue weighted by molar-refractivity contribution is -0.00000742. The van der Waals surface area contributed by atoms with Crippen molar-refractivity contribution in [3.63, 3.8) is 0 Å². The zero-order valence-electron chi connectivity index (χ0n) is 19.1. The number of phenols is 1. The highest BCUT2D eigenvalue weighted by atomic mass is 127. The molecule has 0 radical (unpaired) electrons. The molecule has 0 bridgehead atoms. The molecule has 0 aliphatic carbocycles. The second-order valence-electron chi connectivity index (χ2n) is 7.83. The van der Waals surface area contributed by atoms with E-state index in [1.165, 1.54) is 32.6 Å². The first-order valence-corrected chi connectivity index (χ1v) is 12.6. The minimum Gasteiger partial charge on any atom is -1.00 e. The van der Waals surface area contributed by atoms with Crippen molar-refractivity contribution in [3.05, 3.63) is 145 Å². The van der Waals surface area contributed by atoms with Crippen molar-refractivity contribution in [1.82, 2.24) is 0 Å². The Balaban J connectivity index is 0.000000212. The van der Waals surface area contributed by atoms with Crippen LogP contribution in [0.5, 0.6) is 5.75 Å². The van der Waals surface area contributed by atoms with Crippen LogP contribution in [0.2, 0.25) is 0 Å². The van der Waals surface area contributed by atoms with Crippen LogP contribution in [0.15, 0.2) is 140 Å². The lowest BCUT2D eigenvalue weighted by Crippen LogP contribution is -3.00. The molecule has 5 rings (SSSR count). The lowest BCUT2D eigenvalue weighted by atomic mass is 10.1. The van der Waals surface area contributed by atoms with Gasteiger partial charge in [0.1, 0.15) is 21.7 Å². The van der Waals surface area contributed by atoms with Crippen LogP contribution in [0.25, 0.3) is 11.1 Å². The van der Waals surface area contributed by atoms with Gasteiger partial charge in [0.25, 0.3) is 0 Å². The first-order valence-electron chi connectivity index (χ1n) is 11.1. The quantitative estimate of drug-likeness (QED) is 0.257. The van der Waals surface area contributed by atoms with Crippen LogP contribution in [0, 0.1) is 6.92 Å². The third kappa shape index (κ3) is 6.79. The fourth-order valence-corrected chi connectivity index (χ4v) is 6.55. The van der Waals surface area contributed by atoms with Crippen molar-refractivity contribution in [2.45, 2.75) is 6.92 Å². The predicted molar refractivity (Wildman–Crippen MR) is 145 cm³/mol. The maximum Gasteiger partial charge on any atom is 0.115 e. The first-order chi connectivity index (χ1) is 16.2. The fourth-order valence-electron chi connectivity index (χ4n) is 3.83. The molecule has 5 aromatic carbocycles. The number of hydrogen-bond acceptors (Lipinski definition) is 1. The molecule has 0 fully saturated rings. The Bertz CT molecular complexity index is 1220. The summed E-state index contributed by atoms with van der Waals surface area (Å²) in [7, 11) is -1.04. The molecule has 0 saturated heterocycles. The van der Waals surface area contributed by atoms with Gasteiger partial charge in [0, 0.05) is 0 Å². The number of benzene rings is 5. The van der Waals surface area contributed by atoms with E-state index in [1.807, 2.05) is 24.3 Å². The minimum absolute atomic E-state index is 0. The highest BCUT2D eigenvalue weighted by Gasteiger charge is 2.26. The fraction of sp³-hybridized carbons (Fsp3) is 0.0323. The van der Waals surface area contributed by atoms with E-state index < -0.39 is 7.92 Å². The van der Waals surface area contributed by atoms with E-state index in [0.717, 1.165) is 0 Å². The summed E-state index contributed by atoms with van der Waals surface area (Å²) in [6, 6.07) is 47.7. The zero-order valence-corrected chi connectivity index (χ0v) is 22.3. The number of aryl methyl sites for hydroxylation is 1. The number of phenolic OH excluding ortho intramolecular Hbond substituents is 1. The molecule has 1 unspecified atom stereocenters. The molecule has 0 amide bonds. The zero-order chi connectivity index (χ0) is 22.9. The van der Waals surface area contributed by atoms with Crippen LogP contribution in [0.1, 0.15) is 5.56 Å². The molecule has 1 nitrogen and oxygen atoms in total. The molecular weight excluding hydrogens is 546 g/mol. The largest absolute Gasteiger partial charge is 1.00 e. The number of aromatic hydroxyl groups is 1. The third-order valence-electron chi connectivity index (χ3n) is 5.51. The monoisotopic (exact) mass is 574 g/mol. The van der Waals surface area contributed by atoms with E-state index in [-0.39, 0.29) is 24.0 Å². The van der Waals surface area contributed by atoms with E-state index in [2.05, 4.69) is 110 Å². The summed E-state index contributed by atoms with van der Waals surface area (Å²) < 4.78 is 0. The SMILES string of the molecule is Cc1ccccc1[PH+](c1ccccc1)c1ccc(O)cc1.[I-].c1ccc(-c2ccccc2)cc1. The lowest BCUT2D eigenvalue weighted by Gasteiger charge is -2.12. The van der Waals surface area contributed by atoms with Crippen LogP contribution in [-0.2, 0) is 0 Å². The van der Waals surface area contributed by atoms with E-state index in [1.54, 1.807) is 12.1 Å². The van der Waals surface area contributed by atoms with Crippen molar-refractivity contribution in [2.24, 2.45) is 0 Å². The summed E-state index contributed by atoms with van der Waals surface area (Å²) in [5, 5.41) is 13.6. The summed E-state index contributed by atoms with van der Waals surface area (Å²) in [6.45, 7) is 2.17. The van der Waals surface area contributed by atoms with E-state index in [0.29, 0.717) is 5.75 Å². The molecular formula is C31H28IOP.